The Morgan fingerprint density at radius 2 is 2.38 bits per heavy atom. The molecule has 0 unspecified atom stereocenters. The maximum Gasteiger partial charge on any atom is 0.311 e. The number of benzene rings is 1. The molecule has 1 N–H and O–H groups in total. The van der Waals surface area contributed by atoms with E-state index in [1.165, 1.54) is 0 Å². The number of carboxylic acids is 1. The SMILES string of the molecule is COc1cc(Cl)ccc1CN1C[C@@H]2CCC[C@@]2(C(=O)O)C1. The number of carboxylic acid groups (broad SMARTS) is 1. The topological polar surface area (TPSA) is 49.8 Å². The Kier molecular flexibility index (Phi) is 3.84. The summed E-state index contributed by atoms with van der Waals surface area (Å²) in [6.07, 6.45) is 2.87. The summed E-state index contributed by atoms with van der Waals surface area (Å²) in [5.74, 6) is 0.424. The molecule has 1 heterocycles. The molecule has 0 amide bonds. The highest BCUT2D eigenvalue weighted by Crippen LogP contribution is 2.49. The molecule has 0 bridgehead atoms. The number of aliphatic carboxylic acids is 1. The number of hydrogen-bond donors (Lipinski definition) is 1. The molecule has 5 heteroatoms. The van der Waals surface area contributed by atoms with Crippen LogP contribution in [-0.4, -0.2) is 36.2 Å². The second kappa shape index (κ2) is 5.50. The molecule has 1 aromatic rings. The van der Waals surface area contributed by atoms with Crippen molar-refractivity contribution in [2.24, 2.45) is 11.3 Å². The first-order valence-electron chi connectivity index (χ1n) is 7.33. The predicted octanol–water partition coefficient (Wildman–Crippen LogP) is 3.04. The third-order valence-electron chi connectivity index (χ3n) is 5.01. The van der Waals surface area contributed by atoms with Crippen LogP contribution >= 0.6 is 11.6 Å². The van der Waals surface area contributed by atoms with E-state index < -0.39 is 11.4 Å². The second-order valence-corrected chi connectivity index (χ2v) is 6.61. The van der Waals surface area contributed by atoms with Crippen molar-refractivity contribution < 1.29 is 14.6 Å². The van der Waals surface area contributed by atoms with Gasteiger partial charge in [0, 0.05) is 30.2 Å². The van der Waals surface area contributed by atoms with E-state index in [4.69, 9.17) is 16.3 Å². The predicted molar refractivity (Wildman–Crippen MR) is 80.7 cm³/mol. The van der Waals surface area contributed by atoms with Gasteiger partial charge >= 0.3 is 5.97 Å². The van der Waals surface area contributed by atoms with E-state index in [9.17, 15) is 9.90 Å². The first-order valence-corrected chi connectivity index (χ1v) is 7.71. The first-order chi connectivity index (χ1) is 10.0. The Morgan fingerprint density at radius 3 is 3.05 bits per heavy atom. The van der Waals surface area contributed by atoms with Crippen LogP contribution in [0.15, 0.2) is 18.2 Å². The number of fused-ring (bicyclic) bond motifs is 1. The molecule has 0 spiro atoms. The molecule has 1 aliphatic heterocycles. The minimum absolute atomic E-state index is 0.285. The zero-order valence-electron chi connectivity index (χ0n) is 12.1. The summed E-state index contributed by atoms with van der Waals surface area (Å²) in [5, 5.41) is 10.3. The fraction of sp³-hybridized carbons (Fsp3) is 0.562. The van der Waals surface area contributed by atoms with Crippen LogP contribution in [0.3, 0.4) is 0 Å². The highest BCUT2D eigenvalue weighted by molar-refractivity contribution is 6.30. The van der Waals surface area contributed by atoms with E-state index in [0.717, 1.165) is 37.1 Å². The standard InChI is InChI=1S/C16H20ClNO3/c1-21-14-7-13(17)5-4-11(14)8-18-9-12-3-2-6-16(12,10-18)15(19)20/h4-5,7,12H,2-3,6,8-10H2,1H3,(H,19,20)/t12-,16+/m0/s1. The number of nitrogens with zero attached hydrogens (tertiary/aromatic N) is 1. The number of ether oxygens (including phenoxy) is 1. The van der Waals surface area contributed by atoms with Gasteiger partial charge in [-0.05, 0) is 30.9 Å². The molecule has 1 aromatic carbocycles. The largest absolute Gasteiger partial charge is 0.496 e. The molecular formula is C16H20ClNO3. The van der Waals surface area contributed by atoms with Gasteiger partial charge in [0.05, 0.1) is 12.5 Å². The summed E-state index contributed by atoms with van der Waals surface area (Å²) in [6, 6.07) is 5.62. The summed E-state index contributed by atoms with van der Waals surface area (Å²) in [4.78, 5) is 13.9. The molecule has 2 atom stereocenters. The van der Waals surface area contributed by atoms with Crippen LogP contribution in [0.5, 0.6) is 5.75 Å². The molecule has 1 saturated heterocycles. The zero-order valence-corrected chi connectivity index (χ0v) is 12.9. The van der Waals surface area contributed by atoms with Crippen LogP contribution in [0.25, 0.3) is 0 Å². The molecule has 0 radical (unpaired) electrons. The fourth-order valence-electron chi connectivity index (χ4n) is 3.95. The van der Waals surface area contributed by atoms with Gasteiger partial charge in [0.25, 0.3) is 0 Å². The van der Waals surface area contributed by atoms with Gasteiger partial charge in [-0.3, -0.25) is 9.69 Å². The average Bonchev–Trinajstić information content (AvgIpc) is 2.98. The van der Waals surface area contributed by atoms with Crippen molar-refractivity contribution in [3.05, 3.63) is 28.8 Å². The van der Waals surface area contributed by atoms with Gasteiger partial charge < -0.3 is 9.84 Å². The molecule has 0 aromatic heterocycles. The molecule has 1 saturated carbocycles. The summed E-state index contributed by atoms with van der Waals surface area (Å²) in [5.41, 5.74) is 0.530. The summed E-state index contributed by atoms with van der Waals surface area (Å²) in [7, 11) is 1.63. The van der Waals surface area contributed by atoms with Crippen molar-refractivity contribution in [3.8, 4) is 5.75 Å². The summed E-state index contributed by atoms with van der Waals surface area (Å²) >= 11 is 5.98. The van der Waals surface area contributed by atoms with Crippen LogP contribution in [0, 0.1) is 11.3 Å². The molecule has 4 nitrogen and oxygen atoms in total. The second-order valence-electron chi connectivity index (χ2n) is 6.18. The fourth-order valence-corrected chi connectivity index (χ4v) is 4.12. The average molecular weight is 310 g/mol. The quantitative estimate of drug-likeness (QED) is 0.929. The van der Waals surface area contributed by atoms with Gasteiger partial charge in [-0.15, -0.1) is 0 Å². The number of rotatable bonds is 4. The van der Waals surface area contributed by atoms with Gasteiger partial charge in [0.2, 0.25) is 0 Å². The lowest BCUT2D eigenvalue weighted by Crippen LogP contribution is -2.35. The van der Waals surface area contributed by atoms with Crippen LogP contribution in [-0.2, 0) is 11.3 Å². The Balaban J connectivity index is 1.77. The van der Waals surface area contributed by atoms with E-state index in [0.29, 0.717) is 18.1 Å². The maximum atomic E-state index is 11.7. The lowest BCUT2D eigenvalue weighted by Gasteiger charge is -2.23. The normalized spacial score (nSPS) is 28.6. The molecule has 1 aliphatic carbocycles. The van der Waals surface area contributed by atoms with Crippen molar-refractivity contribution in [3.63, 3.8) is 0 Å². The Labute approximate surface area is 129 Å². The summed E-state index contributed by atoms with van der Waals surface area (Å²) in [6.45, 7) is 2.21. The number of methoxy groups -OCH3 is 1. The van der Waals surface area contributed by atoms with Crippen LogP contribution in [0.2, 0.25) is 5.02 Å². The lowest BCUT2D eigenvalue weighted by atomic mass is 9.81. The van der Waals surface area contributed by atoms with Crippen molar-refractivity contribution in [1.29, 1.82) is 0 Å². The number of likely N-dealkylation sites (tertiary alicyclic amines) is 1. The first kappa shape index (κ1) is 14.7. The Morgan fingerprint density at radius 1 is 1.57 bits per heavy atom. The molecule has 114 valence electrons. The van der Waals surface area contributed by atoms with E-state index in [1.807, 2.05) is 12.1 Å². The Hall–Kier alpha value is -1.26. The van der Waals surface area contributed by atoms with Crippen LogP contribution < -0.4 is 4.74 Å². The molecule has 21 heavy (non-hydrogen) atoms. The lowest BCUT2D eigenvalue weighted by molar-refractivity contribution is -0.149. The van der Waals surface area contributed by atoms with Gasteiger partial charge in [-0.2, -0.15) is 0 Å². The van der Waals surface area contributed by atoms with Crippen molar-refractivity contribution in [2.75, 3.05) is 20.2 Å². The van der Waals surface area contributed by atoms with E-state index >= 15 is 0 Å². The van der Waals surface area contributed by atoms with Gasteiger partial charge in [-0.1, -0.05) is 24.1 Å². The number of hydrogen-bond acceptors (Lipinski definition) is 3. The van der Waals surface area contributed by atoms with Crippen LogP contribution in [0.1, 0.15) is 24.8 Å². The third kappa shape index (κ3) is 2.51. The summed E-state index contributed by atoms with van der Waals surface area (Å²) < 4.78 is 5.38. The monoisotopic (exact) mass is 309 g/mol. The molecule has 2 aliphatic rings. The van der Waals surface area contributed by atoms with Gasteiger partial charge in [-0.25, -0.2) is 0 Å². The minimum Gasteiger partial charge on any atom is -0.496 e. The number of carbonyl (C=O) groups is 1. The van der Waals surface area contributed by atoms with Crippen LogP contribution in [0.4, 0.5) is 0 Å². The molecular weight excluding hydrogens is 290 g/mol. The number of halogens is 1. The highest BCUT2D eigenvalue weighted by Gasteiger charge is 2.54. The van der Waals surface area contributed by atoms with E-state index in [2.05, 4.69) is 4.90 Å². The van der Waals surface area contributed by atoms with E-state index in [-0.39, 0.29) is 5.92 Å². The highest BCUT2D eigenvalue weighted by atomic mass is 35.5. The Bertz CT molecular complexity index is 562. The zero-order chi connectivity index (χ0) is 15.0. The third-order valence-corrected chi connectivity index (χ3v) is 5.25. The van der Waals surface area contributed by atoms with Crippen molar-refractivity contribution >= 4 is 17.6 Å². The molecule has 2 fully saturated rings. The molecule has 3 rings (SSSR count). The van der Waals surface area contributed by atoms with Gasteiger partial charge in [0.1, 0.15) is 5.75 Å². The smallest absolute Gasteiger partial charge is 0.311 e. The van der Waals surface area contributed by atoms with Crippen molar-refractivity contribution in [1.82, 2.24) is 4.90 Å². The maximum absolute atomic E-state index is 11.7. The van der Waals surface area contributed by atoms with Gasteiger partial charge in [0.15, 0.2) is 0 Å². The van der Waals surface area contributed by atoms with Crippen molar-refractivity contribution in [2.45, 2.75) is 25.8 Å². The van der Waals surface area contributed by atoms with E-state index in [1.54, 1.807) is 13.2 Å². The minimum atomic E-state index is -0.629.